The molecule has 0 radical (unpaired) electrons. The average Bonchev–Trinajstić information content (AvgIpc) is 2.90. The van der Waals surface area contributed by atoms with Crippen LogP contribution >= 0.6 is 0 Å². The molecule has 1 aliphatic heterocycles. The van der Waals surface area contributed by atoms with Crippen molar-refractivity contribution in [3.63, 3.8) is 0 Å². The second kappa shape index (κ2) is 5.80. The third kappa shape index (κ3) is 3.00. The summed E-state index contributed by atoms with van der Waals surface area (Å²) in [5, 5.41) is 10.3. The molecule has 122 valence electrons. The average molecular weight is 297 g/mol. The van der Waals surface area contributed by atoms with Crippen LogP contribution in [0.3, 0.4) is 0 Å². The molecule has 1 heterocycles. The molecule has 4 nitrogen and oxygen atoms in total. The highest BCUT2D eigenvalue weighted by Gasteiger charge is 2.60. The van der Waals surface area contributed by atoms with E-state index in [1.165, 1.54) is 19.3 Å². The van der Waals surface area contributed by atoms with E-state index in [1.54, 1.807) is 0 Å². The number of β-amino-alcohol motifs (C(OH)–C–C–N with tert-alkyl or cyclic N) is 1. The van der Waals surface area contributed by atoms with Crippen molar-refractivity contribution in [2.45, 2.75) is 52.2 Å². The fraction of sp³-hybridized carbons (Fsp3) is 1.00. The molecule has 2 saturated carbocycles. The maximum Gasteiger partial charge on any atom is 0.0900 e. The predicted molar refractivity (Wildman–Crippen MR) is 82.2 cm³/mol. The van der Waals surface area contributed by atoms with Crippen LogP contribution in [0, 0.1) is 16.7 Å². The predicted octanol–water partition coefficient (Wildman–Crippen LogP) is 1.91. The van der Waals surface area contributed by atoms with Gasteiger partial charge in [-0.3, -0.25) is 4.90 Å². The van der Waals surface area contributed by atoms with Crippen LogP contribution in [0.1, 0.15) is 40.0 Å². The Labute approximate surface area is 128 Å². The van der Waals surface area contributed by atoms with E-state index in [2.05, 4.69) is 25.7 Å². The fourth-order valence-electron chi connectivity index (χ4n) is 5.01. The van der Waals surface area contributed by atoms with E-state index in [4.69, 9.17) is 9.47 Å². The molecule has 0 unspecified atom stereocenters. The minimum atomic E-state index is -0.387. The highest BCUT2D eigenvalue weighted by molar-refractivity contribution is 5.09. The van der Waals surface area contributed by atoms with Crippen LogP contribution in [0.15, 0.2) is 0 Å². The molecule has 0 amide bonds. The number of hydrogen-bond donors (Lipinski definition) is 1. The van der Waals surface area contributed by atoms with Crippen LogP contribution < -0.4 is 0 Å². The summed E-state index contributed by atoms with van der Waals surface area (Å²) >= 11 is 0. The van der Waals surface area contributed by atoms with E-state index in [0.717, 1.165) is 32.2 Å². The first-order chi connectivity index (χ1) is 9.92. The van der Waals surface area contributed by atoms with Crippen molar-refractivity contribution in [2.75, 3.05) is 39.5 Å². The van der Waals surface area contributed by atoms with Crippen molar-refractivity contribution in [3.05, 3.63) is 0 Å². The Balaban J connectivity index is 1.50. The lowest BCUT2D eigenvalue weighted by Crippen LogP contribution is -2.46. The van der Waals surface area contributed by atoms with Crippen LogP contribution in [0.4, 0.5) is 0 Å². The molecule has 3 fully saturated rings. The molecule has 2 aliphatic carbocycles. The summed E-state index contributed by atoms with van der Waals surface area (Å²) in [4.78, 5) is 2.27. The highest BCUT2D eigenvalue weighted by Crippen LogP contribution is 2.63. The molecular weight excluding hydrogens is 266 g/mol. The zero-order valence-corrected chi connectivity index (χ0v) is 13.8. The lowest BCUT2D eigenvalue weighted by atomic mass is 9.70. The molecule has 0 aromatic rings. The summed E-state index contributed by atoms with van der Waals surface area (Å²) in [6.45, 7) is 11.6. The molecule has 0 aromatic carbocycles. The Kier molecular flexibility index (Phi) is 4.34. The van der Waals surface area contributed by atoms with Crippen molar-refractivity contribution < 1.29 is 14.6 Å². The van der Waals surface area contributed by atoms with Gasteiger partial charge in [0.25, 0.3) is 0 Å². The van der Waals surface area contributed by atoms with Gasteiger partial charge in [0, 0.05) is 19.6 Å². The zero-order valence-electron chi connectivity index (χ0n) is 13.8. The number of aliphatic hydroxyl groups is 1. The molecule has 21 heavy (non-hydrogen) atoms. The highest BCUT2D eigenvalue weighted by atomic mass is 16.5. The Bertz CT molecular complexity index is 362. The first-order valence-corrected chi connectivity index (χ1v) is 8.51. The van der Waals surface area contributed by atoms with Crippen LogP contribution in [-0.2, 0) is 9.47 Å². The van der Waals surface area contributed by atoms with Gasteiger partial charge in [-0.15, -0.1) is 0 Å². The summed E-state index contributed by atoms with van der Waals surface area (Å²) in [5.74, 6) is 0.795. The molecule has 3 aliphatic rings. The molecular formula is C17H31NO3. The SMILES string of the molecule is CC1(C)[C@H]2CC[C@](C)(C2)[C@H]1OC[C@@H](O)CN1CCOCC1. The third-order valence-corrected chi connectivity index (χ3v) is 6.17. The summed E-state index contributed by atoms with van der Waals surface area (Å²) in [6, 6.07) is 0. The maximum atomic E-state index is 10.3. The largest absolute Gasteiger partial charge is 0.389 e. The molecule has 0 spiro atoms. The second-order valence-corrected chi connectivity index (χ2v) is 8.20. The van der Waals surface area contributed by atoms with Gasteiger partial charge in [0.15, 0.2) is 0 Å². The lowest BCUT2D eigenvalue weighted by molar-refractivity contribution is -0.115. The van der Waals surface area contributed by atoms with E-state index < -0.39 is 0 Å². The first-order valence-electron chi connectivity index (χ1n) is 8.51. The van der Waals surface area contributed by atoms with E-state index >= 15 is 0 Å². The van der Waals surface area contributed by atoms with Crippen molar-refractivity contribution in [1.29, 1.82) is 0 Å². The van der Waals surface area contributed by atoms with Crippen molar-refractivity contribution >= 4 is 0 Å². The number of aliphatic hydroxyl groups excluding tert-OH is 1. The Morgan fingerprint density at radius 1 is 1.29 bits per heavy atom. The molecule has 1 saturated heterocycles. The zero-order chi connectivity index (χ0) is 15.1. The number of ether oxygens (including phenoxy) is 2. The number of nitrogens with zero attached hydrogens (tertiary/aromatic N) is 1. The van der Waals surface area contributed by atoms with Crippen LogP contribution in [-0.4, -0.2) is 61.7 Å². The quantitative estimate of drug-likeness (QED) is 0.842. The van der Waals surface area contributed by atoms with E-state index in [0.29, 0.717) is 24.7 Å². The first kappa shape index (κ1) is 15.7. The molecule has 3 rings (SSSR count). The van der Waals surface area contributed by atoms with Gasteiger partial charge >= 0.3 is 0 Å². The van der Waals surface area contributed by atoms with Crippen LogP contribution in [0.5, 0.6) is 0 Å². The number of fused-ring (bicyclic) bond motifs is 2. The monoisotopic (exact) mass is 297 g/mol. The smallest absolute Gasteiger partial charge is 0.0900 e. The summed E-state index contributed by atoms with van der Waals surface area (Å²) in [7, 11) is 0. The summed E-state index contributed by atoms with van der Waals surface area (Å²) in [6.07, 6.45) is 3.83. The van der Waals surface area contributed by atoms with Gasteiger partial charge in [0.2, 0.25) is 0 Å². The van der Waals surface area contributed by atoms with Gasteiger partial charge < -0.3 is 14.6 Å². The molecule has 4 atom stereocenters. The Morgan fingerprint density at radius 2 is 2.00 bits per heavy atom. The Hall–Kier alpha value is -0.160. The molecule has 0 aromatic heterocycles. The third-order valence-electron chi connectivity index (χ3n) is 6.17. The number of morpholine rings is 1. The van der Waals surface area contributed by atoms with Crippen molar-refractivity contribution in [1.82, 2.24) is 4.90 Å². The lowest BCUT2D eigenvalue weighted by Gasteiger charge is -2.42. The van der Waals surface area contributed by atoms with Gasteiger partial charge in [-0.2, -0.15) is 0 Å². The topological polar surface area (TPSA) is 41.9 Å². The Morgan fingerprint density at radius 3 is 2.62 bits per heavy atom. The molecule has 4 heteroatoms. The van der Waals surface area contributed by atoms with Crippen LogP contribution in [0.25, 0.3) is 0 Å². The van der Waals surface area contributed by atoms with Gasteiger partial charge in [-0.25, -0.2) is 0 Å². The summed E-state index contributed by atoms with van der Waals surface area (Å²) in [5.41, 5.74) is 0.582. The van der Waals surface area contributed by atoms with Crippen molar-refractivity contribution in [2.24, 2.45) is 16.7 Å². The second-order valence-electron chi connectivity index (χ2n) is 8.20. The normalized spacial score (nSPS) is 40.6. The van der Waals surface area contributed by atoms with Gasteiger partial charge in [0.05, 0.1) is 32.0 Å². The number of rotatable bonds is 5. The number of hydrogen-bond acceptors (Lipinski definition) is 4. The fourth-order valence-corrected chi connectivity index (χ4v) is 5.01. The van der Waals surface area contributed by atoms with Gasteiger partial charge in [-0.1, -0.05) is 20.8 Å². The molecule has 1 N–H and O–H groups in total. The molecule has 2 bridgehead atoms. The maximum absolute atomic E-state index is 10.3. The van der Waals surface area contributed by atoms with Crippen molar-refractivity contribution in [3.8, 4) is 0 Å². The standard InChI is InChI=1S/C17H31NO3/c1-16(2)13-4-5-17(3,10-13)15(16)21-12-14(19)11-18-6-8-20-9-7-18/h13-15,19H,4-12H2,1-3H3/t13-,14-,15-,17+/m0/s1. The van der Waals surface area contributed by atoms with E-state index in [1.807, 2.05) is 0 Å². The van der Waals surface area contributed by atoms with Gasteiger partial charge in [-0.05, 0) is 36.0 Å². The van der Waals surface area contributed by atoms with Crippen LogP contribution in [0.2, 0.25) is 0 Å². The van der Waals surface area contributed by atoms with Gasteiger partial charge in [0.1, 0.15) is 0 Å². The minimum Gasteiger partial charge on any atom is -0.389 e. The van der Waals surface area contributed by atoms with E-state index in [9.17, 15) is 5.11 Å². The summed E-state index contributed by atoms with van der Waals surface area (Å²) < 4.78 is 11.6. The van der Waals surface area contributed by atoms with E-state index in [-0.39, 0.29) is 11.5 Å². The minimum absolute atomic E-state index is 0.256.